The molecule has 0 radical (unpaired) electrons. The van der Waals surface area contributed by atoms with Gasteiger partial charge < -0.3 is 5.32 Å². The van der Waals surface area contributed by atoms with Gasteiger partial charge in [-0.1, -0.05) is 54.2 Å². The molecule has 1 atom stereocenters. The highest BCUT2D eigenvalue weighted by molar-refractivity contribution is 7.99. The molecule has 4 aromatic rings. The highest BCUT2D eigenvalue weighted by atomic mass is 32.2. The van der Waals surface area contributed by atoms with Gasteiger partial charge in [0.15, 0.2) is 5.16 Å². The number of amides is 1. The first-order valence-electron chi connectivity index (χ1n) is 9.78. The zero-order valence-electron chi connectivity index (χ0n) is 16.8. The summed E-state index contributed by atoms with van der Waals surface area (Å²) in [6.07, 6.45) is 0. The normalized spacial score (nSPS) is 11.9. The van der Waals surface area contributed by atoms with Crippen LogP contribution in [0.25, 0.3) is 16.6 Å². The number of nitrogens with one attached hydrogen (secondary N) is 1. The van der Waals surface area contributed by atoms with Crippen molar-refractivity contribution in [2.45, 2.75) is 18.1 Å². The number of fused-ring (bicyclic) bond motifs is 1. The van der Waals surface area contributed by atoms with Crippen LogP contribution in [-0.4, -0.2) is 21.2 Å². The summed E-state index contributed by atoms with van der Waals surface area (Å²) in [5.41, 5.74) is 1.78. The number of carbonyl (C=O) groups is 1. The van der Waals surface area contributed by atoms with Crippen molar-refractivity contribution < 1.29 is 9.18 Å². The fourth-order valence-corrected chi connectivity index (χ4v) is 4.09. The Bertz CT molecular complexity index is 1270. The lowest BCUT2D eigenvalue weighted by Crippen LogP contribution is -2.29. The number of rotatable bonds is 6. The Hall–Kier alpha value is -3.45. The van der Waals surface area contributed by atoms with Crippen molar-refractivity contribution in [1.82, 2.24) is 14.9 Å². The molecule has 31 heavy (non-hydrogen) atoms. The lowest BCUT2D eigenvalue weighted by Gasteiger charge is -2.15. The molecule has 0 saturated carbocycles. The van der Waals surface area contributed by atoms with E-state index in [1.165, 1.54) is 40.6 Å². The predicted molar refractivity (Wildman–Crippen MR) is 121 cm³/mol. The predicted octanol–water partition coefficient (Wildman–Crippen LogP) is 4.49. The van der Waals surface area contributed by atoms with Crippen LogP contribution in [0.3, 0.4) is 0 Å². The molecule has 7 heteroatoms. The molecule has 0 aliphatic rings. The van der Waals surface area contributed by atoms with Crippen LogP contribution in [0, 0.1) is 5.82 Å². The van der Waals surface area contributed by atoms with E-state index in [0.717, 1.165) is 5.56 Å². The zero-order chi connectivity index (χ0) is 21.8. The molecule has 5 nitrogen and oxygen atoms in total. The van der Waals surface area contributed by atoms with E-state index in [9.17, 15) is 14.0 Å². The summed E-state index contributed by atoms with van der Waals surface area (Å²) in [6.45, 7) is 1.92. The van der Waals surface area contributed by atoms with Crippen LogP contribution >= 0.6 is 11.8 Å². The van der Waals surface area contributed by atoms with E-state index in [1.54, 1.807) is 24.3 Å². The van der Waals surface area contributed by atoms with Crippen LogP contribution in [0.5, 0.6) is 0 Å². The number of hydrogen-bond acceptors (Lipinski definition) is 4. The first-order valence-corrected chi connectivity index (χ1v) is 10.8. The lowest BCUT2D eigenvalue weighted by atomic mass is 10.1. The van der Waals surface area contributed by atoms with E-state index in [4.69, 9.17) is 0 Å². The lowest BCUT2D eigenvalue weighted by molar-refractivity contribution is -0.119. The number of benzene rings is 3. The molecular weight excluding hydrogens is 413 g/mol. The standard InChI is InChI=1S/C24H20FN3O2S/c1-16(17-7-3-2-4-8-17)26-22(29)15-31-24-27-21-10-6-5-9-20(21)23(30)28(24)19-13-11-18(25)12-14-19/h2-14,16H,15H2,1H3,(H,26,29)/t16-/m0/s1. The molecule has 3 aromatic carbocycles. The molecule has 1 aromatic heterocycles. The minimum absolute atomic E-state index is 0.0865. The van der Waals surface area contributed by atoms with Crippen LogP contribution in [0.15, 0.2) is 88.8 Å². The van der Waals surface area contributed by atoms with Gasteiger partial charge in [-0.25, -0.2) is 9.37 Å². The number of hydrogen-bond donors (Lipinski definition) is 1. The Labute approximate surface area is 182 Å². The molecule has 0 aliphatic carbocycles. The van der Waals surface area contributed by atoms with Crippen molar-refractivity contribution in [2.24, 2.45) is 0 Å². The third kappa shape index (κ3) is 4.67. The summed E-state index contributed by atoms with van der Waals surface area (Å²) in [5, 5.41) is 3.79. The van der Waals surface area contributed by atoms with E-state index in [0.29, 0.717) is 21.7 Å². The van der Waals surface area contributed by atoms with Crippen molar-refractivity contribution in [3.8, 4) is 5.69 Å². The fourth-order valence-electron chi connectivity index (χ4n) is 3.27. The highest BCUT2D eigenvalue weighted by Crippen LogP contribution is 2.22. The van der Waals surface area contributed by atoms with Crippen molar-refractivity contribution in [1.29, 1.82) is 0 Å². The van der Waals surface area contributed by atoms with Crippen molar-refractivity contribution in [3.63, 3.8) is 0 Å². The van der Waals surface area contributed by atoms with Crippen LogP contribution in [0.2, 0.25) is 0 Å². The van der Waals surface area contributed by atoms with Gasteiger partial charge in [0, 0.05) is 0 Å². The van der Waals surface area contributed by atoms with E-state index in [2.05, 4.69) is 10.3 Å². The van der Waals surface area contributed by atoms with Gasteiger partial charge in [0.1, 0.15) is 5.82 Å². The molecule has 0 spiro atoms. The van der Waals surface area contributed by atoms with Crippen molar-refractivity contribution in [2.75, 3.05) is 5.75 Å². The van der Waals surface area contributed by atoms with Gasteiger partial charge in [-0.15, -0.1) is 0 Å². The molecular formula is C24H20FN3O2S. The van der Waals surface area contributed by atoms with Crippen molar-refractivity contribution >= 4 is 28.6 Å². The summed E-state index contributed by atoms with van der Waals surface area (Å²) in [6, 6.07) is 22.2. The van der Waals surface area contributed by atoms with Gasteiger partial charge >= 0.3 is 0 Å². The average molecular weight is 434 g/mol. The molecule has 156 valence electrons. The van der Waals surface area contributed by atoms with Gasteiger partial charge in [-0.3, -0.25) is 14.2 Å². The van der Waals surface area contributed by atoms with Crippen LogP contribution in [-0.2, 0) is 4.79 Å². The number of para-hydroxylation sites is 1. The summed E-state index contributed by atoms with van der Waals surface area (Å²) < 4.78 is 14.8. The fraction of sp³-hybridized carbons (Fsp3) is 0.125. The molecule has 0 saturated heterocycles. The maximum absolute atomic E-state index is 13.4. The van der Waals surface area contributed by atoms with Crippen LogP contribution in [0.1, 0.15) is 18.5 Å². The molecule has 0 aliphatic heterocycles. The number of nitrogens with zero attached hydrogens (tertiary/aromatic N) is 2. The average Bonchev–Trinajstić information content (AvgIpc) is 2.79. The highest BCUT2D eigenvalue weighted by Gasteiger charge is 2.16. The van der Waals surface area contributed by atoms with Gasteiger partial charge in [0.2, 0.25) is 5.91 Å². The second-order valence-corrected chi connectivity index (χ2v) is 7.96. The molecule has 0 fully saturated rings. The number of carbonyl (C=O) groups excluding carboxylic acids is 1. The molecule has 0 unspecified atom stereocenters. The minimum Gasteiger partial charge on any atom is -0.349 e. The van der Waals surface area contributed by atoms with Gasteiger partial charge in [-0.2, -0.15) is 0 Å². The summed E-state index contributed by atoms with van der Waals surface area (Å²) in [5.74, 6) is -0.480. The first kappa shape index (κ1) is 20.8. The Morgan fingerprint density at radius 1 is 1.03 bits per heavy atom. The van der Waals surface area contributed by atoms with Crippen molar-refractivity contribution in [3.05, 3.63) is 101 Å². The Morgan fingerprint density at radius 2 is 1.71 bits per heavy atom. The molecule has 1 N–H and O–H groups in total. The van der Waals surface area contributed by atoms with Gasteiger partial charge in [0.05, 0.1) is 28.4 Å². The second kappa shape index (κ2) is 9.14. The third-order valence-electron chi connectivity index (χ3n) is 4.84. The van der Waals surface area contributed by atoms with E-state index >= 15 is 0 Å². The maximum atomic E-state index is 13.4. The summed E-state index contributed by atoms with van der Waals surface area (Å²) >= 11 is 1.17. The topological polar surface area (TPSA) is 64.0 Å². The Morgan fingerprint density at radius 3 is 2.45 bits per heavy atom. The summed E-state index contributed by atoms with van der Waals surface area (Å²) in [4.78, 5) is 30.3. The molecule has 1 amide bonds. The minimum atomic E-state index is -0.394. The number of aromatic nitrogens is 2. The number of thioether (sulfide) groups is 1. The summed E-state index contributed by atoms with van der Waals surface area (Å²) in [7, 11) is 0. The SMILES string of the molecule is C[C@H](NC(=O)CSc1nc2ccccc2c(=O)n1-c1ccc(F)cc1)c1ccccc1. The Kier molecular flexibility index (Phi) is 6.13. The molecule has 0 bridgehead atoms. The Balaban J connectivity index is 1.62. The monoisotopic (exact) mass is 433 g/mol. The first-order chi connectivity index (χ1) is 15.0. The van der Waals surface area contributed by atoms with E-state index in [-0.39, 0.29) is 23.3 Å². The van der Waals surface area contributed by atoms with Crippen LogP contribution < -0.4 is 10.9 Å². The quantitative estimate of drug-likeness (QED) is 0.359. The number of halogens is 1. The second-order valence-electron chi connectivity index (χ2n) is 7.02. The third-order valence-corrected chi connectivity index (χ3v) is 5.78. The molecule has 1 heterocycles. The van der Waals surface area contributed by atoms with E-state index in [1.807, 2.05) is 37.3 Å². The van der Waals surface area contributed by atoms with E-state index < -0.39 is 5.82 Å². The van der Waals surface area contributed by atoms with Gasteiger partial charge in [-0.05, 0) is 48.9 Å². The maximum Gasteiger partial charge on any atom is 0.266 e. The molecule has 4 rings (SSSR count). The van der Waals surface area contributed by atoms with Crippen LogP contribution in [0.4, 0.5) is 4.39 Å². The smallest absolute Gasteiger partial charge is 0.266 e. The largest absolute Gasteiger partial charge is 0.349 e. The van der Waals surface area contributed by atoms with Gasteiger partial charge in [0.25, 0.3) is 5.56 Å². The zero-order valence-corrected chi connectivity index (χ0v) is 17.6.